The number of carbonyl (C=O) groups excluding carboxylic acids is 1. The van der Waals surface area contributed by atoms with E-state index in [9.17, 15) is 9.90 Å². The minimum absolute atomic E-state index is 0. The van der Waals surface area contributed by atoms with E-state index in [1.807, 2.05) is 0 Å². The van der Waals surface area contributed by atoms with Gasteiger partial charge in [0.15, 0.2) is 0 Å². The lowest BCUT2D eigenvalue weighted by atomic mass is 9.73. The summed E-state index contributed by atoms with van der Waals surface area (Å²) in [4.78, 5) is 12.0. The highest BCUT2D eigenvalue weighted by atomic mass is 35.5. The summed E-state index contributed by atoms with van der Waals surface area (Å²) in [6.45, 7) is 4.43. The Morgan fingerprint density at radius 1 is 1.53 bits per heavy atom. The second-order valence-corrected chi connectivity index (χ2v) is 5.72. The predicted octanol–water partition coefficient (Wildman–Crippen LogP) is 0.454. The largest absolute Gasteiger partial charge is 0.392 e. The van der Waals surface area contributed by atoms with Crippen molar-refractivity contribution in [3.05, 3.63) is 0 Å². The molecule has 0 bridgehead atoms. The summed E-state index contributed by atoms with van der Waals surface area (Å²) in [6, 6.07) is -0.247. The first-order chi connectivity index (χ1) is 8.62. The lowest BCUT2D eigenvalue weighted by Crippen LogP contribution is -2.54. The third-order valence-corrected chi connectivity index (χ3v) is 4.18. The van der Waals surface area contributed by atoms with Crippen LogP contribution in [0.1, 0.15) is 32.6 Å². The van der Waals surface area contributed by atoms with Crippen molar-refractivity contribution in [1.29, 1.82) is 0 Å². The van der Waals surface area contributed by atoms with Crippen molar-refractivity contribution in [2.45, 2.75) is 44.8 Å². The van der Waals surface area contributed by atoms with Crippen LogP contribution < -0.4 is 10.6 Å². The lowest BCUT2D eigenvalue weighted by Gasteiger charge is -2.39. The molecule has 5 nitrogen and oxygen atoms in total. The maximum absolute atomic E-state index is 12.0. The molecule has 2 rings (SSSR count). The minimum atomic E-state index is -0.304. The Bertz CT molecular complexity index is 298. The summed E-state index contributed by atoms with van der Waals surface area (Å²) >= 11 is 0. The maximum Gasteiger partial charge on any atom is 0.239 e. The zero-order valence-corrected chi connectivity index (χ0v) is 12.3. The summed E-state index contributed by atoms with van der Waals surface area (Å²) < 4.78 is 5.27. The Balaban J connectivity index is 0.00000180. The molecule has 1 aliphatic heterocycles. The Hall–Kier alpha value is -0.360. The van der Waals surface area contributed by atoms with Gasteiger partial charge in [-0.1, -0.05) is 19.8 Å². The molecule has 1 saturated heterocycles. The number of amides is 1. The fourth-order valence-electron chi connectivity index (χ4n) is 2.73. The van der Waals surface area contributed by atoms with Gasteiger partial charge in [0, 0.05) is 18.5 Å². The normalized spacial score (nSPS) is 35.3. The predicted molar refractivity (Wildman–Crippen MR) is 75.4 cm³/mol. The van der Waals surface area contributed by atoms with E-state index in [1.165, 1.54) is 0 Å². The summed E-state index contributed by atoms with van der Waals surface area (Å²) in [5, 5.41) is 16.1. The number of halogens is 1. The molecule has 1 aliphatic carbocycles. The molecule has 0 aromatic carbocycles. The molecule has 112 valence electrons. The van der Waals surface area contributed by atoms with Crippen LogP contribution in [0.25, 0.3) is 0 Å². The van der Waals surface area contributed by atoms with Crippen molar-refractivity contribution in [3.63, 3.8) is 0 Å². The van der Waals surface area contributed by atoms with Gasteiger partial charge >= 0.3 is 0 Å². The maximum atomic E-state index is 12.0. The van der Waals surface area contributed by atoms with Crippen molar-refractivity contribution in [2.75, 3.05) is 26.3 Å². The van der Waals surface area contributed by atoms with E-state index in [4.69, 9.17) is 4.74 Å². The lowest BCUT2D eigenvalue weighted by molar-refractivity contribution is -0.127. The fraction of sp³-hybridized carbons (Fsp3) is 0.923. The Kier molecular flexibility index (Phi) is 6.53. The molecule has 2 aliphatic rings. The molecule has 19 heavy (non-hydrogen) atoms. The molecule has 0 radical (unpaired) electrons. The number of ether oxygens (including phenoxy) is 1. The van der Waals surface area contributed by atoms with Crippen LogP contribution in [0.2, 0.25) is 0 Å². The average molecular weight is 293 g/mol. The van der Waals surface area contributed by atoms with E-state index in [1.54, 1.807) is 0 Å². The first-order valence-corrected chi connectivity index (χ1v) is 6.89. The van der Waals surface area contributed by atoms with Crippen LogP contribution in [-0.4, -0.2) is 49.5 Å². The van der Waals surface area contributed by atoms with Crippen molar-refractivity contribution >= 4 is 18.3 Å². The molecule has 1 heterocycles. The van der Waals surface area contributed by atoms with Gasteiger partial charge in [-0.15, -0.1) is 12.4 Å². The molecule has 0 aromatic rings. The summed E-state index contributed by atoms with van der Waals surface area (Å²) in [5.74, 6) is -0.0197. The highest BCUT2D eigenvalue weighted by molar-refractivity contribution is 5.85. The number of aliphatic hydroxyl groups is 1. The number of nitrogens with one attached hydrogen (secondary N) is 2. The van der Waals surface area contributed by atoms with Gasteiger partial charge in [-0.05, 0) is 12.8 Å². The van der Waals surface area contributed by atoms with Crippen LogP contribution in [-0.2, 0) is 9.53 Å². The molecule has 1 saturated carbocycles. The fourth-order valence-corrected chi connectivity index (χ4v) is 2.73. The van der Waals surface area contributed by atoms with E-state index in [0.717, 1.165) is 32.2 Å². The van der Waals surface area contributed by atoms with Gasteiger partial charge in [0.2, 0.25) is 5.91 Å². The third kappa shape index (κ3) is 4.31. The number of morpholine rings is 1. The minimum Gasteiger partial charge on any atom is -0.392 e. The van der Waals surface area contributed by atoms with Crippen LogP contribution in [0, 0.1) is 5.41 Å². The van der Waals surface area contributed by atoms with E-state index < -0.39 is 0 Å². The monoisotopic (exact) mass is 292 g/mol. The SMILES string of the molecule is CC1(CNC(=O)C2COCCN2)CCCCC1O.Cl. The highest BCUT2D eigenvalue weighted by Crippen LogP contribution is 2.35. The zero-order chi connectivity index (χ0) is 13.0. The van der Waals surface area contributed by atoms with Crippen LogP contribution in [0.3, 0.4) is 0 Å². The molecule has 1 amide bonds. The molecule has 0 spiro atoms. The van der Waals surface area contributed by atoms with Crippen LogP contribution in [0.5, 0.6) is 0 Å². The Morgan fingerprint density at radius 3 is 2.95 bits per heavy atom. The van der Waals surface area contributed by atoms with Crippen LogP contribution in [0.15, 0.2) is 0 Å². The average Bonchev–Trinajstić information content (AvgIpc) is 2.41. The quantitative estimate of drug-likeness (QED) is 0.706. The Labute approximate surface area is 120 Å². The third-order valence-electron chi connectivity index (χ3n) is 4.18. The number of carbonyl (C=O) groups is 1. The van der Waals surface area contributed by atoms with Crippen LogP contribution in [0.4, 0.5) is 0 Å². The van der Waals surface area contributed by atoms with Gasteiger partial charge in [0.25, 0.3) is 0 Å². The molecule has 3 N–H and O–H groups in total. The van der Waals surface area contributed by atoms with Gasteiger partial charge in [0.05, 0.1) is 19.3 Å². The molecule has 6 heteroatoms. The topological polar surface area (TPSA) is 70.6 Å². The van der Waals surface area contributed by atoms with E-state index in [2.05, 4.69) is 17.6 Å². The number of hydrogen-bond donors (Lipinski definition) is 3. The number of rotatable bonds is 3. The molecule has 2 fully saturated rings. The second-order valence-electron chi connectivity index (χ2n) is 5.72. The van der Waals surface area contributed by atoms with E-state index in [-0.39, 0.29) is 35.9 Å². The van der Waals surface area contributed by atoms with Gasteiger partial charge in [-0.25, -0.2) is 0 Å². The molecular weight excluding hydrogens is 268 g/mol. The van der Waals surface area contributed by atoms with E-state index >= 15 is 0 Å². The smallest absolute Gasteiger partial charge is 0.239 e. The highest BCUT2D eigenvalue weighted by Gasteiger charge is 2.36. The Morgan fingerprint density at radius 2 is 2.32 bits per heavy atom. The molecule has 3 unspecified atom stereocenters. The standard InChI is InChI=1S/C13H24N2O3.ClH/c1-13(5-3-2-4-11(13)16)9-15-12(17)10-8-18-7-6-14-10;/h10-11,14,16H,2-9H2,1H3,(H,15,17);1H. The van der Waals surface area contributed by atoms with Gasteiger partial charge in [-0.3, -0.25) is 4.79 Å². The summed E-state index contributed by atoms with van der Waals surface area (Å²) in [7, 11) is 0. The molecular formula is C13H25ClN2O3. The second kappa shape index (κ2) is 7.43. The zero-order valence-electron chi connectivity index (χ0n) is 11.5. The van der Waals surface area contributed by atoms with Crippen molar-refractivity contribution in [1.82, 2.24) is 10.6 Å². The van der Waals surface area contributed by atoms with Crippen molar-refractivity contribution in [2.24, 2.45) is 5.41 Å². The van der Waals surface area contributed by atoms with Crippen molar-refractivity contribution in [3.8, 4) is 0 Å². The van der Waals surface area contributed by atoms with Gasteiger partial charge in [-0.2, -0.15) is 0 Å². The first-order valence-electron chi connectivity index (χ1n) is 6.89. The molecule has 3 atom stereocenters. The van der Waals surface area contributed by atoms with Crippen molar-refractivity contribution < 1.29 is 14.6 Å². The van der Waals surface area contributed by atoms with Crippen LogP contribution >= 0.6 is 12.4 Å². The molecule has 0 aromatic heterocycles. The summed E-state index contributed by atoms with van der Waals surface area (Å²) in [6.07, 6.45) is 3.74. The van der Waals surface area contributed by atoms with Gasteiger partial charge in [0.1, 0.15) is 6.04 Å². The van der Waals surface area contributed by atoms with Gasteiger partial charge < -0.3 is 20.5 Å². The number of hydrogen-bond acceptors (Lipinski definition) is 4. The van der Waals surface area contributed by atoms with E-state index in [0.29, 0.717) is 19.8 Å². The first kappa shape index (κ1) is 16.7. The number of aliphatic hydroxyl groups excluding tert-OH is 1. The summed E-state index contributed by atoms with van der Waals surface area (Å²) in [5.41, 5.74) is -0.177.